The third-order valence-corrected chi connectivity index (χ3v) is 8.88. The number of anilines is 1. The van der Waals surface area contributed by atoms with E-state index in [9.17, 15) is 18.8 Å². The van der Waals surface area contributed by atoms with Crippen molar-refractivity contribution in [2.24, 2.45) is 0 Å². The van der Waals surface area contributed by atoms with Gasteiger partial charge in [0, 0.05) is 49.1 Å². The molecule has 1 atom stereocenters. The summed E-state index contributed by atoms with van der Waals surface area (Å²) in [6.45, 7) is 9.22. The van der Waals surface area contributed by atoms with Gasteiger partial charge in [0.25, 0.3) is 0 Å². The van der Waals surface area contributed by atoms with E-state index in [4.69, 9.17) is 16.7 Å². The van der Waals surface area contributed by atoms with Crippen molar-refractivity contribution < 1.29 is 18.8 Å². The number of carbonyl (C=O) groups excluding carboxylic acids is 3. The van der Waals surface area contributed by atoms with Gasteiger partial charge in [0.2, 0.25) is 17.7 Å². The van der Waals surface area contributed by atoms with Gasteiger partial charge in [-0.05, 0) is 42.0 Å². The van der Waals surface area contributed by atoms with Crippen LogP contribution >= 0.6 is 23.4 Å². The molecule has 3 heterocycles. The van der Waals surface area contributed by atoms with Crippen LogP contribution in [0.15, 0.2) is 48.5 Å². The Morgan fingerprint density at radius 3 is 2.32 bits per heavy atom. The number of fused-ring (bicyclic) bond motifs is 1. The van der Waals surface area contributed by atoms with E-state index in [1.807, 2.05) is 24.3 Å². The molecule has 2 aromatic carbocycles. The standard InChI is InChI=1S/C30H33ClFN5O3S/c1-19(38)34-12-14-35(15-13-34)24(39)17-36-25(40)18-41-27(20-6-5-7-21(31)16-20)26-28(30(2,3)4)33-37(29(26)36)23-10-8-22(32)9-11-23/h5-11,16,27H,12-15,17-18H2,1-4H3/t27-/m0/s1. The predicted molar refractivity (Wildman–Crippen MR) is 159 cm³/mol. The van der Waals surface area contributed by atoms with Gasteiger partial charge in [-0.15, -0.1) is 11.8 Å². The summed E-state index contributed by atoms with van der Waals surface area (Å²) in [6.07, 6.45) is 0. The SMILES string of the molecule is CC(=O)N1CCN(C(=O)CN2C(=O)CS[C@@H](c3cccc(Cl)c3)c3c(C(C)(C)C)nn(-c4ccc(F)cc4)c32)CC1. The first-order chi connectivity index (χ1) is 19.4. The third-order valence-electron chi connectivity index (χ3n) is 7.39. The van der Waals surface area contributed by atoms with Crippen molar-refractivity contribution in [1.82, 2.24) is 19.6 Å². The average Bonchev–Trinajstić information content (AvgIpc) is 3.26. The minimum Gasteiger partial charge on any atom is -0.339 e. The van der Waals surface area contributed by atoms with Crippen LogP contribution in [0.25, 0.3) is 5.69 Å². The van der Waals surface area contributed by atoms with Crippen LogP contribution < -0.4 is 4.90 Å². The summed E-state index contributed by atoms with van der Waals surface area (Å²) in [6, 6.07) is 13.5. The molecular weight excluding hydrogens is 565 g/mol. The highest BCUT2D eigenvalue weighted by molar-refractivity contribution is 8.00. The Bertz CT molecular complexity index is 1480. The van der Waals surface area contributed by atoms with Crippen molar-refractivity contribution in [1.29, 1.82) is 0 Å². The van der Waals surface area contributed by atoms with Crippen LogP contribution in [-0.2, 0) is 19.8 Å². The molecule has 2 aliphatic heterocycles. The topological polar surface area (TPSA) is 78.8 Å². The molecule has 3 aromatic rings. The third kappa shape index (κ3) is 5.99. The maximum Gasteiger partial charge on any atom is 0.242 e. The largest absolute Gasteiger partial charge is 0.339 e. The molecule has 8 nitrogen and oxygen atoms in total. The molecule has 0 saturated carbocycles. The number of hydrogen-bond acceptors (Lipinski definition) is 5. The smallest absolute Gasteiger partial charge is 0.242 e. The van der Waals surface area contributed by atoms with E-state index in [2.05, 4.69) is 20.8 Å². The molecule has 1 aromatic heterocycles. The molecule has 11 heteroatoms. The first kappa shape index (κ1) is 29.1. The van der Waals surface area contributed by atoms with Gasteiger partial charge in [0.05, 0.1) is 22.4 Å². The zero-order chi connectivity index (χ0) is 29.5. The second-order valence-corrected chi connectivity index (χ2v) is 12.9. The van der Waals surface area contributed by atoms with E-state index in [1.165, 1.54) is 35.7 Å². The molecule has 0 aliphatic carbocycles. The average molecular weight is 598 g/mol. The summed E-state index contributed by atoms with van der Waals surface area (Å²) in [4.78, 5) is 44.2. The Morgan fingerprint density at radius 2 is 1.71 bits per heavy atom. The normalized spacial score (nSPS) is 17.9. The lowest BCUT2D eigenvalue weighted by Crippen LogP contribution is -2.53. The van der Waals surface area contributed by atoms with Crippen LogP contribution in [0.1, 0.15) is 49.8 Å². The number of aromatic nitrogens is 2. The van der Waals surface area contributed by atoms with Gasteiger partial charge in [-0.1, -0.05) is 44.5 Å². The van der Waals surface area contributed by atoms with Crippen LogP contribution in [-0.4, -0.2) is 75.8 Å². The van der Waals surface area contributed by atoms with E-state index in [-0.39, 0.29) is 41.1 Å². The lowest BCUT2D eigenvalue weighted by atomic mass is 9.87. The Labute approximate surface area is 248 Å². The fourth-order valence-corrected chi connectivity index (χ4v) is 6.66. The van der Waals surface area contributed by atoms with Gasteiger partial charge in [0.1, 0.15) is 18.2 Å². The molecule has 0 bridgehead atoms. The summed E-state index contributed by atoms with van der Waals surface area (Å²) in [5, 5.41) is 5.32. The van der Waals surface area contributed by atoms with E-state index >= 15 is 0 Å². The Kier molecular flexibility index (Phi) is 8.16. The van der Waals surface area contributed by atoms with Gasteiger partial charge in [0.15, 0.2) is 0 Å². The molecule has 3 amide bonds. The Hall–Kier alpha value is -3.37. The van der Waals surface area contributed by atoms with Crippen molar-refractivity contribution >= 4 is 46.9 Å². The van der Waals surface area contributed by atoms with Crippen molar-refractivity contribution in [3.05, 3.63) is 76.2 Å². The quantitative estimate of drug-likeness (QED) is 0.431. The van der Waals surface area contributed by atoms with Crippen molar-refractivity contribution in [3.8, 4) is 5.69 Å². The van der Waals surface area contributed by atoms with E-state index < -0.39 is 5.41 Å². The monoisotopic (exact) mass is 597 g/mol. The maximum absolute atomic E-state index is 13.9. The van der Waals surface area contributed by atoms with Crippen LogP contribution in [0.5, 0.6) is 0 Å². The summed E-state index contributed by atoms with van der Waals surface area (Å²) in [5.74, 6) is -0.195. The molecule has 1 fully saturated rings. The molecule has 2 aliphatic rings. The van der Waals surface area contributed by atoms with Crippen molar-refractivity contribution in [3.63, 3.8) is 0 Å². The minimum absolute atomic E-state index is 0.0218. The molecule has 1 saturated heterocycles. The lowest BCUT2D eigenvalue weighted by molar-refractivity contribution is -0.137. The number of carbonyl (C=O) groups is 3. The summed E-state index contributed by atoms with van der Waals surface area (Å²) in [7, 11) is 0. The molecule has 0 spiro atoms. The number of thioether (sulfide) groups is 1. The second-order valence-electron chi connectivity index (χ2n) is 11.3. The number of benzene rings is 2. The highest BCUT2D eigenvalue weighted by atomic mass is 35.5. The first-order valence-electron chi connectivity index (χ1n) is 13.5. The van der Waals surface area contributed by atoms with Crippen LogP contribution in [0.4, 0.5) is 10.2 Å². The molecule has 216 valence electrons. The summed E-state index contributed by atoms with van der Waals surface area (Å²) in [5.41, 5.74) is 2.69. The summed E-state index contributed by atoms with van der Waals surface area (Å²) >= 11 is 7.88. The van der Waals surface area contributed by atoms with Crippen molar-refractivity contribution in [2.45, 2.75) is 38.4 Å². The van der Waals surface area contributed by atoms with E-state index in [0.717, 1.165) is 16.8 Å². The predicted octanol–water partition coefficient (Wildman–Crippen LogP) is 4.82. The fraction of sp³-hybridized carbons (Fsp3) is 0.400. The summed E-state index contributed by atoms with van der Waals surface area (Å²) < 4.78 is 15.6. The number of amides is 3. The van der Waals surface area contributed by atoms with Gasteiger partial charge >= 0.3 is 0 Å². The molecule has 0 unspecified atom stereocenters. The van der Waals surface area contributed by atoms with Crippen molar-refractivity contribution in [2.75, 3.05) is 43.4 Å². The van der Waals surface area contributed by atoms with Crippen LogP contribution in [0, 0.1) is 5.82 Å². The minimum atomic E-state index is -0.418. The number of halogens is 2. The molecule has 0 N–H and O–H groups in total. The van der Waals surface area contributed by atoms with Gasteiger partial charge in [-0.2, -0.15) is 5.10 Å². The molecule has 41 heavy (non-hydrogen) atoms. The number of rotatable bonds is 4. The molecule has 5 rings (SSSR count). The zero-order valence-electron chi connectivity index (χ0n) is 23.6. The van der Waals surface area contributed by atoms with Gasteiger partial charge < -0.3 is 9.80 Å². The van der Waals surface area contributed by atoms with E-state index in [1.54, 1.807) is 26.6 Å². The Morgan fingerprint density at radius 1 is 1.05 bits per heavy atom. The first-order valence-corrected chi connectivity index (χ1v) is 15.0. The maximum atomic E-state index is 13.9. The molecular formula is C30H33ClFN5O3S. The number of piperazine rings is 1. The number of hydrogen-bond donors (Lipinski definition) is 0. The Balaban J connectivity index is 1.65. The second kappa shape index (κ2) is 11.5. The van der Waals surface area contributed by atoms with Crippen LogP contribution in [0.2, 0.25) is 5.02 Å². The van der Waals surface area contributed by atoms with Gasteiger partial charge in [-0.3, -0.25) is 19.3 Å². The van der Waals surface area contributed by atoms with Gasteiger partial charge in [-0.25, -0.2) is 9.07 Å². The lowest BCUT2D eigenvalue weighted by Gasteiger charge is -2.35. The fourth-order valence-electron chi connectivity index (χ4n) is 5.27. The number of nitrogens with zero attached hydrogens (tertiary/aromatic N) is 5. The molecule has 0 radical (unpaired) electrons. The zero-order valence-corrected chi connectivity index (χ0v) is 25.1. The highest BCUT2D eigenvalue weighted by Crippen LogP contribution is 2.48. The highest BCUT2D eigenvalue weighted by Gasteiger charge is 2.40. The van der Waals surface area contributed by atoms with Crippen LogP contribution in [0.3, 0.4) is 0 Å². The van der Waals surface area contributed by atoms with E-state index in [0.29, 0.717) is 42.7 Å².